The van der Waals surface area contributed by atoms with Gasteiger partial charge in [0.05, 0.1) is 12.4 Å². The first-order chi connectivity index (χ1) is 5.70. The molecule has 0 saturated carbocycles. The molecule has 3 heteroatoms. The Morgan fingerprint density at radius 2 is 2.17 bits per heavy atom. The van der Waals surface area contributed by atoms with Gasteiger partial charge in [-0.3, -0.25) is 4.79 Å². The molecule has 0 aliphatic carbocycles. The molecule has 0 aromatic heterocycles. The predicted octanol–water partition coefficient (Wildman–Crippen LogP) is 2.86. The molecule has 2 nitrogen and oxygen atoms in total. The lowest BCUT2D eigenvalue weighted by atomic mass is 10.2. The van der Waals surface area contributed by atoms with Gasteiger partial charge in [-0.15, -0.1) is 0 Å². The van der Waals surface area contributed by atoms with Crippen molar-refractivity contribution >= 4 is 16.8 Å². The van der Waals surface area contributed by atoms with Gasteiger partial charge >= 0.3 is 0 Å². The summed E-state index contributed by atoms with van der Waals surface area (Å²) in [4.78, 5) is 10.4. The average Bonchev–Trinajstić information content (AvgIpc) is 2.02. The highest BCUT2D eigenvalue weighted by Gasteiger charge is 1.99. The maximum Gasteiger partial charge on any atom is 0.221 e. The summed E-state index contributed by atoms with van der Waals surface area (Å²) >= 11 is 5.18. The van der Waals surface area contributed by atoms with Crippen molar-refractivity contribution < 1.29 is 9.53 Å². The van der Waals surface area contributed by atoms with E-state index in [1.54, 1.807) is 0 Å². The molecule has 0 aromatic rings. The van der Waals surface area contributed by atoms with E-state index in [0.29, 0.717) is 13.0 Å². The van der Waals surface area contributed by atoms with Crippen LogP contribution in [-0.4, -0.2) is 11.8 Å². The van der Waals surface area contributed by atoms with Crippen molar-refractivity contribution in [1.29, 1.82) is 0 Å². The number of ether oxygens (including phenoxy) is 1. The highest BCUT2D eigenvalue weighted by Crippen LogP contribution is 2.09. The van der Waals surface area contributed by atoms with Crippen LogP contribution < -0.4 is 0 Å². The molecule has 0 bridgehead atoms. The van der Waals surface area contributed by atoms with E-state index in [2.05, 4.69) is 0 Å². The monoisotopic (exact) mass is 190 g/mol. The summed E-state index contributed by atoms with van der Waals surface area (Å²) in [5.74, 6) is 0.940. The SMILES string of the molecule is C/C=C(\CCCC(=O)Cl)OCC. The lowest BCUT2D eigenvalue weighted by molar-refractivity contribution is -0.111. The zero-order valence-electron chi connectivity index (χ0n) is 7.60. The fraction of sp³-hybridized carbons (Fsp3) is 0.667. The van der Waals surface area contributed by atoms with E-state index >= 15 is 0 Å². The van der Waals surface area contributed by atoms with Crippen molar-refractivity contribution in [2.45, 2.75) is 33.1 Å². The maximum absolute atomic E-state index is 10.4. The van der Waals surface area contributed by atoms with E-state index in [1.807, 2.05) is 19.9 Å². The van der Waals surface area contributed by atoms with Crippen LogP contribution in [0.1, 0.15) is 33.1 Å². The van der Waals surface area contributed by atoms with Crippen LogP contribution >= 0.6 is 11.6 Å². The number of carbonyl (C=O) groups excluding carboxylic acids is 1. The van der Waals surface area contributed by atoms with Gasteiger partial charge in [0.2, 0.25) is 5.24 Å². The number of rotatable bonds is 6. The van der Waals surface area contributed by atoms with Crippen molar-refractivity contribution in [1.82, 2.24) is 0 Å². The Morgan fingerprint density at radius 1 is 1.50 bits per heavy atom. The molecule has 0 amide bonds. The Morgan fingerprint density at radius 3 is 2.58 bits per heavy atom. The molecule has 0 aliphatic heterocycles. The molecular weight excluding hydrogens is 176 g/mol. The van der Waals surface area contributed by atoms with Crippen LogP contribution in [0, 0.1) is 0 Å². The summed E-state index contributed by atoms with van der Waals surface area (Å²) < 4.78 is 5.28. The molecule has 0 aliphatic rings. The molecule has 0 heterocycles. The molecule has 0 radical (unpaired) electrons. The van der Waals surface area contributed by atoms with Crippen molar-refractivity contribution in [2.24, 2.45) is 0 Å². The average molecular weight is 191 g/mol. The summed E-state index contributed by atoms with van der Waals surface area (Å²) in [6.07, 6.45) is 3.90. The molecule has 0 spiro atoms. The van der Waals surface area contributed by atoms with Gasteiger partial charge in [-0.05, 0) is 37.9 Å². The van der Waals surface area contributed by atoms with E-state index < -0.39 is 0 Å². The van der Waals surface area contributed by atoms with Crippen LogP contribution in [0.5, 0.6) is 0 Å². The van der Waals surface area contributed by atoms with Gasteiger partial charge in [-0.25, -0.2) is 0 Å². The van der Waals surface area contributed by atoms with Gasteiger partial charge in [-0.1, -0.05) is 0 Å². The van der Waals surface area contributed by atoms with E-state index in [9.17, 15) is 4.79 Å². The topological polar surface area (TPSA) is 26.3 Å². The van der Waals surface area contributed by atoms with Gasteiger partial charge in [0, 0.05) is 12.8 Å². The van der Waals surface area contributed by atoms with Gasteiger partial charge in [0.1, 0.15) is 0 Å². The van der Waals surface area contributed by atoms with Crippen molar-refractivity contribution in [3.05, 3.63) is 11.8 Å². The molecule has 70 valence electrons. The van der Waals surface area contributed by atoms with E-state index in [4.69, 9.17) is 16.3 Å². The van der Waals surface area contributed by atoms with Crippen molar-refractivity contribution in [3.8, 4) is 0 Å². The zero-order valence-corrected chi connectivity index (χ0v) is 8.36. The maximum atomic E-state index is 10.4. The summed E-state index contributed by atoms with van der Waals surface area (Å²) in [6, 6.07) is 0. The molecular formula is C9H15ClO2. The minimum atomic E-state index is -0.276. The fourth-order valence-electron chi connectivity index (χ4n) is 0.887. The number of hydrogen-bond donors (Lipinski definition) is 0. The normalized spacial score (nSPS) is 11.4. The number of carbonyl (C=O) groups is 1. The van der Waals surface area contributed by atoms with Gasteiger partial charge in [0.15, 0.2) is 0 Å². The number of halogens is 1. The molecule has 0 saturated heterocycles. The predicted molar refractivity (Wildman–Crippen MR) is 50.1 cm³/mol. The summed E-state index contributed by atoms with van der Waals surface area (Å²) in [7, 11) is 0. The standard InChI is InChI=1S/C9H15ClO2/c1-3-8(12-4-2)6-5-7-9(10)11/h3H,4-7H2,1-2H3/b8-3+. The molecule has 0 fully saturated rings. The summed E-state index contributed by atoms with van der Waals surface area (Å²) in [5, 5.41) is -0.276. The quantitative estimate of drug-likeness (QED) is 0.476. The van der Waals surface area contributed by atoms with E-state index in [-0.39, 0.29) is 5.24 Å². The first-order valence-electron chi connectivity index (χ1n) is 4.17. The zero-order chi connectivity index (χ0) is 9.40. The Balaban J connectivity index is 3.52. The lowest BCUT2D eigenvalue weighted by Crippen LogP contribution is -1.93. The largest absolute Gasteiger partial charge is 0.499 e. The van der Waals surface area contributed by atoms with Crippen molar-refractivity contribution in [2.75, 3.05) is 6.61 Å². The Bertz CT molecular complexity index is 164. The molecule has 0 atom stereocenters. The first kappa shape index (κ1) is 11.5. The molecule has 0 rings (SSSR count). The lowest BCUT2D eigenvalue weighted by Gasteiger charge is -2.06. The van der Waals surface area contributed by atoms with Crippen LogP contribution in [-0.2, 0) is 9.53 Å². The van der Waals surface area contributed by atoms with Crippen LogP contribution in [0.2, 0.25) is 0 Å². The van der Waals surface area contributed by atoms with Crippen LogP contribution in [0.3, 0.4) is 0 Å². The highest BCUT2D eigenvalue weighted by molar-refractivity contribution is 6.63. The van der Waals surface area contributed by atoms with Crippen LogP contribution in [0.15, 0.2) is 11.8 Å². The second kappa shape index (κ2) is 7.17. The van der Waals surface area contributed by atoms with Crippen LogP contribution in [0.4, 0.5) is 0 Å². The third kappa shape index (κ3) is 6.23. The molecule has 12 heavy (non-hydrogen) atoms. The fourth-order valence-corrected chi connectivity index (χ4v) is 1.02. The van der Waals surface area contributed by atoms with Gasteiger partial charge in [-0.2, -0.15) is 0 Å². The second-order valence-corrected chi connectivity index (χ2v) is 2.82. The smallest absolute Gasteiger partial charge is 0.221 e. The third-order valence-corrected chi connectivity index (χ3v) is 1.64. The van der Waals surface area contributed by atoms with E-state index in [1.165, 1.54) is 0 Å². The number of hydrogen-bond acceptors (Lipinski definition) is 2. The Kier molecular flexibility index (Phi) is 6.87. The van der Waals surface area contributed by atoms with Crippen molar-refractivity contribution in [3.63, 3.8) is 0 Å². The Hall–Kier alpha value is -0.500. The molecule has 0 unspecified atom stereocenters. The van der Waals surface area contributed by atoms with E-state index in [0.717, 1.165) is 18.6 Å². The number of allylic oxidation sites excluding steroid dienone is 2. The first-order valence-corrected chi connectivity index (χ1v) is 4.54. The molecule has 0 aromatic carbocycles. The minimum Gasteiger partial charge on any atom is -0.499 e. The minimum absolute atomic E-state index is 0.276. The Labute approximate surface area is 78.5 Å². The van der Waals surface area contributed by atoms with Gasteiger partial charge in [0.25, 0.3) is 0 Å². The third-order valence-electron chi connectivity index (χ3n) is 1.45. The summed E-state index contributed by atoms with van der Waals surface area (Å²) in [5.41, 5.74) is 0. The summed E-state index contributed by atoms with van der Waals surface area (Å²) in [6.45, 7) is 4.54. The molecule has 0 N–H and O–H groups in total. The van der Waals surface area contributed by atoms with Crippen LogP contribution in [0.25, 0.3) is 0 Å². The highest BCUT2D eigenvalue weighted by atomic mass is 35.5. The second-order valence-electron chi connectivity index (χ2n) is 2.40. The van der Waals surface area contributed by atoms with Gasteiger partial charge < -0.3 is 4.74 Å².